The first-order chi connectivity index (χ1) is 11.6. The van der Waals surface area contributed by atoms with Gasteiger partial charge in [0.1, 0.15) is 11.9 Å². The number of hydrogen-bond donors (Lipinski definition) is 0. The van der Waals surface area contributed by atoms with Crippen molar-refractivity contribution in [2.75, 3.05) is 19.9 Å². The fourth-order valence-electron chi connectivity index (χ4n) is 2.81. The molecule has 0 saturated carbocycles. The maximum atomic E-state index is 12.8. The maximum absolute atomic E-state index is 12.8. The highest BCUT2D eigenvalue weighted by molar-refractivity contribution is 7.89. The summed E-state index contributed by atoms with van der Waals surface area (Å²) in [5.74, 6) is 1.66. The van der Waals surface area contributed by atoms with E-state index < -0.39 is 10.0 Å². The van der Waals surface area contributed by atoms with E-state index in [1.807, 2.05) is 6.07 Å². The van der Waals surface area contributed by atoms with Crippen LogP contribution in [0, 0.1) is 0 Å². The first-order valence-corrected chi connectivity index (χ1v) is 9.03. The van der Waals surface area contributed by atoms with Gasteiger partial charge >= 0.3 is 0 Å². The van der Waals surface area contributed by atoms with Crippen molar-refractivity contribution in [3.05, 3.63) is 42.7 Å². The number of aromatic nitrogens is 1. The van der Waals surface area contributed by atoms with E-state index in [0.717, 1.165) is 0 Å². The lowest BCUT2D eigenvalue weighted by atomic mass is 10.3. The third-order valence-electron chi connectivity index (χ3n) is 4.03. The van der Waals surface area contributed by atoms with Crippen molar-refractivity contribution < 1.29 is 22.6 Å². The molecule has 2 aliphatic rings. The number of fused-ring (bicyclic) bond motifs is 1. The Hall–Kier alpha value is -2.32. The first-order valence-electron chi connectivity index (χ1n) is 7.59. The number of ether oxygens (including phenoxy) is 3. The second kappa shape index (κ2) is 5.95. The van der Waals surface area contributed by atoms with Gasteiger partial charge in [0.05, 0.1) is 17.6 Å². The predicted molar refractivity (Wildman–Crippen MR) is 84.6 cm³/mol. The molecule has 1 fully saturated rings. The van der Waals surface area contributed by atoms with Crippen molar-refractivity contribution in [2.24, 2.45) is 0 Å². The van der Waals surface area contributed by atoms with Crippen LogP contribution in [0.2, 0.25) is 0 Å². The number of benzene rings is 1. The molecule has 24 heavy (non-hydrogen) atoms. The third-order valence-corrected chi connectivity index (χ3v) is 5.89. The smallest absolute Gasteiger partial charge is 0.243 e. The van der Waals surface area contributed by atoms with Crippen LogP contribution in [0.1, 0.15) is 6.42 Å². The van der Waals surface area contributed by atoms with Gasteiger partial charge in [-0.05, 0) is 30.7 Å². The fraction of sp³-hybridized carbons (Fsp3) is 0.312. The number of pyridine rings is 1. The average molecular weight is 348 g/mol. The van der Waals surface area contributed by atoms with Crippen molar-refractivity contribution in [1.82, 2.24) is 9.29 Å². The largest absolute Gasteiger partial charge is 0.487 e. The summed E-state index contributed by atoms with van der Waals surface area (Å²) in [7, 11) is -3.58. The Balaban J connectivity index is 1.49. The summed E-state index contributed by atoms with van der Waals surface area (Å²) in [5, 5.41) is 0. The zero-order valence-electron chi connectivity index (χ0n) is 12.8. The second-order valence-electron chi connectivity index (χ2n) is 5.60. The number of hydrogen-bond acceptors (Lipinski definition) is 6. The Labute approximate surface area is 139 Å². The Morgan fingerprint density at radius 2 is 2.08 bits per heavy atom. The van der Waals surface area contributed by atoms with Crippen molar-refractivity contribution in [3.8, 4) is 17.2 Å². The number of sulfonamides is 1. The van der Waals surface area contributed by atoms with Crippen LogP contribution < -0.4 is 14.2 Å². The number of nitrogens with zero attached hydrogens (tertiary/aromatic N) is 2. The molecule has 1 saturated heterocycles. The highest BCUT2D eigenvalue weighted by Gasteiger charge is 2.34. The molecule has 1 aromatic heterocycles. The van der Waals surface area contributed by atoms with Crippen LogP contribution in [0.5, 0.6) is 17.2 Å². The Morgan fingerprint density at radius 1 is 1.21 bits per heavy atom. The van der Waals surface area contributed by atoms with E-state index in [-0.39, 0.29) is 17.8 Å². The molecule has 0 amide bonds. The molecule has 4 rings (SSSR count). The summed E-state index contributed by atoms with van der Waals surface area (Å²) in [4.78, 5) is 4.20. The van der Waals surface area contributed by atoms with E-state index in [1.165, 1.54) is 16.4 Å². The highest BCUT2D eigenvalue weighted by atomic mass is 32.2. The van der Waals surface area contributed by atoms with Gasteiger partial charge in [0, 0.05) is 18.8 Å². The molecule has 0 spiro atoms. The van der Waals surface area contributed by atoms with Crippen LogP contribution in [-0.4, -0.2) is 43.7 Å². The van der Waals surface area contributed by atoms with Gasteiger partial charge in [-0.1, -0.05) is 0 Å². The molecule has 8 heteroatoms. The lowest BCUT2D eigenvalue weighted by molar-refractivity contribution is 0.174. The predicted octanol–water partition coefficient (Wildman–Crippen LogP) is 1.65. The molecule has 1 atom stereocenters. The lowest BCUT2D eigenvalue weighted by Gasteiger charge is -2.17. The molecular formula is C16H16N2O5S. The quantitative estimate of drug-likeness (QED) is 0.836. The molecule has 0 radical (unpaired) electrons. The van der Waals surface area contributed by atoms with E-state index in [4.69, 9.17) is 14.2 Å². The minimum Gasteiger partial charge on any atom is -0.487 e. The SMILES string of the molecule is O=S(=O)(c1ccc2c(c1)OCO2)N1CCC(Oc2cccnc2)C1. The van der Waals surface area contributed by atoms with E-state index >= 15 is 0 Å². The van der Waals surface area contributed by atoms with Crippen LogP contribution in [0.15, 0.2) is 47.6 Å². The number of rotatable bonds is 4. The van der Waals surface area contributed by atoms with Crippen LogP contribution in [-0.2, 0) is 10.0 Å². The van der Waals surface area contributed by atoms with Crippen molar-refractivity contribution in [2.45, 2.75) is 17.4 Å². The van der Waals surface area contributed by atoms with Crippen LogP contribution in [0.4, 0.5) is 0 Å². The topological polar surface area (TPSA) is 78.0 Å². The zero-order chi connectivity index (χ0) is 16.6. The van der Waals surface area contributed by atoms with Gasteiger partial charge in [-0.25, -0.2) is 8.42 Å². The van der Waals surface area contributed by atoms with Gasteiger partial charge in [-0.15, -0.1) is 0 Å². The molecule has 2 aromatic rings. The normalized spacial score (nSPS) is 20.2. The second-order valence-corrected chi connectivity index (χ2v) is 7.53. The Kier molecular flexibility index (Phi) is 3.78. The summed E-state index contributed by atoms with van der Waals surface area (Å²) in [6, 6.07) is 8.26. The molecule has 126 valence electrons. The maximum Gasteiger partial charge on any atom is 0.243 e. The van der Waals surface area contributed by atoms with E-state index in [0.29, 0.717) is 36.8 Å². The lowest BCUT2D eigenvalue weighted by Crippen LogP contribution is -2.31. The van der Waals surface area contributed by atoms with Crippen LogP contribution in [0.3, 0.4) is 0 Å². The molecule has 0 N–H and O–H groups in total. The summed E-state index contributed by atoms with van der Waals surface area (Å²) >= 11 is 0. The van der Waals surface area contributed by atoms with Gasteiger partial charge in [0.15, 0.2) is 11.5 Å². The van der Waals surface area contributed by atoms with E-state index in [2.05, 4.69) is 4.98 Å². The Bertz CT molecular complexity index is 841. The molecule has 1 unspecified atom stereocenters. The molecule has 1 aromatic carbocycles. The zero-order valence-corrected chi connectivity index (χ0v) is 13.6. The molecule has 3 heterocycles. The monoisotopic (exact) mass is 348 g/mol. The van der Waals surface area contributed by atoms with Crippen molar-refractivity contribution in [3.63, 3.8) is 0 Å². The summed E-state index contributed by atoms with van der Waals surface area (Å²) in [5.41, 5.74) is 0. The molecule has 0 aliphatic carbocycles. The minimum atomic E-state index is -3.58. The van der Waals surface area contributed by atoms with Crippen LogP contribution >= 0.6 is 0 Å². The average Bonchev–Trinajstić information content (AvgIpc) is 3.24. The third kappa shape index (κ3) is 2.78. The van der Waals surface area contributed by atoms with E-state index in [1.54, 1.807) is 24.5 Å². The highest BCUT2D eigenvalue weighted by Crippen LogP contribution is 2.35. The van der Waals surface area contributed by atoms with Crippen molar-refractivity contribution in [1.29, 1.82) is 0 Å². The Morgan fingerprint density at radius 3 is 2.92 bits per heavy atom. The molecule has 0 bridgehead atoms. The van der Waals surface area contributed by atoms with Gasteiger partial charge in [0.2, 0.25) is 16.8 Å². The van der Waals surface area contributed by atoms with Gasteiger partial charge in [-0.2, -0.15) is 4.31 Å². The molecule has 2 aliphatic heterocycles. The van der Waals surface area contributed by atoms with Gasteiger partial charge in [0.25, 0.3) is 0 Å². The summed E-state index contributed by atoms with van der Waals surface area (Å²) < 4.78 is 43.3. The van der Waals surface area contributed by atoms with Crippen molar-refractivity contribution >= 4 is 10.0 Å². The first kappa shape index (κ1) is 15.2. The summed E-state index contributed by atoms with van der Waals surface area (Å²) in [6.07, 6.45) is 3.74. The fourth-order valence-corrected chi connectivity index (χ4v) is 4.31. The van der Waals surface area contributed by atoms with E-state index in [9.17, 15) is 8.42 Å². The standard InChI is InChI=1S/C16H16N2O5S/c19-24(20,14-3-4-15-16(8-14)22-11-21-15)18-7-5-13(10-18)23-12-2-1-6-17-9-12/h1-4,6,8-9,13H,5,7,10-11H2. The molecule has 7 nitrogen and oxygen atoms in total. The molecular weight excluding hydrogens is 332 g/mol. The van der Waals surface area contributed by atoms with Gasteiger partial charge < -0.3 is 14.2 Å². The minimum absolute atomic E-state index is 0.115. The van der Waals surface area contributed by atoms with Crippen LogP contribution in [0.25, 0.3) is 0 Å². The van der Waals surface area contributed by atoms with Gasteiger partial charge in [-0.3, -0.25) is 4.98 Å². The summed E-state index contributed by atoms with van der Waals surface area (Å²) in [6.45, 7) is 0.844.